The topological polar surface area (TPSA) is 25.8 Å². The normalized spacial score (nSPS) is 10.9. The number of rotatable bonds is 5. The van der Waals surface area contributed by atoms with Gasteiger partial charge in [0.15, 0.2) is 0 Å². The molecule has 2 heterocycles. The molecular weight excluding hydrogens is 459 g/mol. The molecule has 6 aromatic rings. The van der Waals surface area contributed by atoms with Crippen LogP contribution in [0.3, 0.4) is 0 Å². The van der Waals surface area contributed by atoms with Gasteiger partial charge in [-0.05, 0) is 53.4 Å². The first-order valence-electron chi connectivity index (χ1n) is 12.9. The van der Waals surface area contributed by atoms with Crippen LogP contribution < -0.4 is 5.46 Å². The highest BCUT2D eigenvalue weighted by molar-refractivity contribution is 6.32. The largest absolute Gasteiger partial charge is 0.246 e. The van der Waals surface area contributed by atoms with Crippen LogP contribution in [0.2, 0.25) is 0 Å². The van der Waals surface area contributed by atoms with Crippen molar-refractivity contribution in [2.24, 2.45) is 0 Å². The van der Waals surface area contributed by atoms with Crippen LogP contribution in [0.1, 0.15) is 5.56 Å². The SMILES string of the molecule is Bc1cccc(-c2cc(-c3ccccc3)nc(-c3cc(-c4cccc(C)c4)cc(-c4ccccc4)n3)c2)c1. The van der Waals surface area contributed by atoms with E-state index in [-0.39, 0.29) is 0 Å². The molecule has 0 amide bonds. The van der Waals surface area contributed by atoms with Crippen LogP contribution >= 0.6 is 0 Å². The third-order valence-electron chi connectivity index (χ3n) is 6.76. The first-order chi connectivity index (χ1) is 18.6. The summed E-state index contributed by atoms with van der Waals surface area (Å²) in [7, 11) is 2.13. The van der Waals surface area contributed by atoms with Crippen molar-refractivity contribution in [2.75, 3.05) is 0 Å². The summed E-state index contributed by atoms with van der Waals surface area (Å²) in [5.74, 6) is 0. The summed E-state index contributed by atoms with van der Waals surface area (Å²) in [6.45, 7) is 2.13. The zero-order chi connectivity index (χ0) is 25.9. The molecule has 2 aromatic heterocycles. The Balaban J connectivity index is 1.59. The molecular formula is C35H27BN2. The summed E-state index contributed by atoms with van der Waals surface area (Å²) in [6.07, 6.45) is 0. The number of aryl methyl sites for hydroxylation is 1. The van der Waals surface area contributed by atoms with E-state index in [9.17, 15) is 0 Å². The number of pyridine rings is 2. The van der Waals surface area contributed by atoms with Gasteiger partial charge in [-0.1, -0.05) is 120 Å². The van der Waals surface area contributed by atoms with Crippen molar-refractivity contribution < 1.29 is 0 Å². The first kappa shape index (κ1) is 23.6. The Hall–Kier alpha value is -4.76. The Morgan fingerprint density at radius 1 is 0.395 bits per heavy atom. The molecule has 0 bridgehead atoms. The van der Waals surface area contributed by atoms with E-state index in [0.717, 1.165) is 45.0 Å². The van der Waals surface area contributed by atoms with Gasteiger partial charge in [0.2, 0.25) is 0 Å². The maximum absolute atomic E-state index is 5.15. The lowest BCUT2D eigenvalue weighted by Gasteiger charge is -2.13. The number of nitrogens with zero attached hydrogens (tertiary/aromatic N) is 2. The molecule has 2 nitrogen and oxygen atoms in total. The van der Waals surface area contributed by atoms with Crippen molar-refractivity contribution in [1.29, 1.82) is 0 Å². The first-order valence-corrected chi connectivity index (χ1v) is 12.9. The van der Waals surface area contributed by atoms with Crippen molar-refractivity contribution >= 4 is 13.3 Å². The minimum atomic E-state index is 0.856. The second-order valence-electron chi connectivity index (χ2n) is 9.72. The summed E-state index contributed by atoms with van der Waals surface area (Å²) in [6, 6.07) is 46.6. The van der Waals surface area contributed by atoms with Crippen LogP contribution in [0.4, 0.5) is 0 Å². The fourth-order valence-electron chi connectivity index (χ4n) is 4.82. The number of hydrogen-bond acceptors (Lipinski definition) is 2. The Kier molecular flexibility index (Phi) is 6.41. The fourth-order valence-corrected chi connectivity index (χ4v) is 4.82. The monoisotopic (exact) mass is 486 g/mol. The van der Waals surface area contributed by atoms with Gasteiger partial charge in [0, 0.05) is 11.1 Å². The molecule has 0 spiro atoms. The third kappa shape index (κ3) is 5.05. The van der Waals surface area contributed by atoms with Crippen molar-refractivity contribution in [2.45, 2.75) is 6.92 Å². The molecule has 0 unspecified atom stereocenters. The van der Waals surface area contributed by atoms with Gasteiger partial charge in [-0.25, -0.2) is 9.97 Å². The molecule has 6 rings (SSSR count). The van der Waals surface area contributed by atoms with Crippen LogP contribution in [0.5, 0.6) is 0 Å². The predicted octanol–water partition coefficient (Wildman–Crippen LogP) is 7.38. The van der Waals surface area contributed by atoms with Crippen LogP contribution in [-0.4, -0.2) is 17.8 Å². The van der Waals surface area contributed by atoms with E-state index in [1.165, 1.54) is 22.2 Å². The summed E-state index contributed by atoms with van der Waals surface area (Å²) in [5.41, 5.74) is 12.8. The predicted molar refractivity (Wildman–Crippen MR) is 162 cm³/mol. The zero-order valence-corrected chi connectivity index (χ0v) is 21.6. The smallest absolute Gasteiger partial charge is 0.139 e. The van der Waals surface area contributed by atoms with Gasteiger partial charge in [-0.2, -0.15) is 0 Å². The molecule has 180 valence electrons. The molecule has 0 aliphatic carbocycles. The molecule has 0 aliphatic rings. The molecule has 0 saturated carbocycles. The molecule has 0 fully saturated rings. The third-order valence-corrected chi connectivity index (χ3v) is 6.76. The van der Waals surface area contributed by atoms with E-state index in [1.54, 1.807) is 0 Å². The lowest BCUT2D eigenvalue weighted by atomic mass is 9.91. The summed E-state index contributed by atoms with van der Waals surface area (Å²) < 4.78 is 0. The highest BCUT2D eigenvalue weighted by atomic mass is 14.8. The Morgan fingerprint density at radius 2 is 0.842 bits per heavy atom. The maximum Gasteiger partial charge on any atom is 0.139 e. The summed E-state index contributed by atoms with van der Waals surface area (Å²) >= 11 is 0. The number of hydrogen-bond donors (Lipinski definition) is 0. The maximum atomic E-state index is 5.15. The van der Waals surface area contributed by atoms with Crippen molar-refractivity contribution in [3.05, 3.63) is 139 Å². The van der Waals surface area contributed by atoms with Gasteiger partial charge in [-0.3, -0.25) is 0 Å². The Bertz CT molecular complexity index is 1600. The van der Waals surface area contributed by atoms with E-state index < -0.39 is 0 Å². The molecule has 0 aliphatic heterocycles. The van der Waals surface area contributed by atoms with Gasteiger partial charge in [-0.15, -0.1) is 0 Å². The van der Waals surface area contributed by atoms with E-state index in [1.807, 2.05) is 12.1 Å². The molecule has 0 N–H and O–H groups in total. The number of benzene rings is 4. The summed E-state index contributed by atoms with van der Waals surface area (Å²) in [4.78, 5) is 10.3. The Morgan fingerprint density at radius 3 is 1.34 bits per heavy atom. The lowest BCUT2D eigenvalue weighted by molar-refractivity contribution is 1.25. The fraction of sp³-hybridized carbons (Fsp3) is 0.0286. The Labute approximate surface area is 225 Å². The van der Waals surface area contributed by atoms with Crippen LogP contribution in [-0.2, 0) is 0 Å². The molecule has 0 saturated heterocycles. The highest BCUT2D eigenvalue weighted by Gasteiger charge is 2.14. The molecule has 0 atom stereocenters. The van der Waals surface area contributed by atoms with E-state index in [4.69, 9.17) is 9.97 Å². The van der Waals surface area contributed by atoms with Crippen molar-refractivity contribution in [1.82, 2.24) is 9.97 Å². The molecule has 38 heavy (non-hydrogen) atoms. The van der Waals surface area contributed by atoms with Crippen molar-refractivity contribution in [3.8, 4) is 56.2 Å². The van der Waals surface area contributed by atoms with Crippen LogP contribution in [0, 0.1) is 6.92 Å². The lowest BCUT2D eigenvalue weighted by Crippen LogP contribution is -2.01. The summed E-state index contributed by atoms with van der Waals surface area (Å²) in [5, 5.41) is 0. The average molecular weight is 486 g/mol. The van der Waals surface area contributed by atoms with Gasteiger partial charge in [0.05, 0.1) is 22.8 Å². The molecule has 0 radical (unpaired) electrons. The van der Waals surface area contributed by atoms with Gasteiger partial charge in [0.25, 0.3) is 0 Å². The van der Waals surface area contributed by atoms with Gasteiger partial charge >= 0.3 is 0 Å². The highest BCUT2D eigenvalue weighted by Crippen LogP contribution is 2.33. The van der Waals surface area contributed by atoms with Crippen molar-refractivity contribution in [3.63, 3.8) is 0 Å². The quantitative estimate of drug-likeness (QED) is 0.238. The molecule has 4 aromatic carbocycles. The van der Waals surface area contributed by atoms with Gasteiger partial charge < -0.3 is 0 Å². The zero-order valence-electron chi connectivity index (χ0n) is 21.6. The second-order valence-corrected chi connectivity index (χ2v) is 9.72. The standard InChI is InChI=1S/C35H27BN2/c1-24-10-8-15-27(18-24)29-20-32(25-11-4-2-5-12-25)37-34(22-29)35-23-30(28-16-9-17-31(36)19-28)21-33(38-35)26-13-6-3-7-14-26/h2-23H,36H2,1H3. The minimum Gasteiger partial charge on any atom is -0.246 e. The second kappa shape index (κ2) is 10.3. The number of aromatic nitrogens is 2. The molecule has 3 heteroatoms. The minimum absolute atomic E-state index is 0.856. The van der Waals surface area contributed by atoms with E-state index >= 15 is 0 Å². The average Bonchev–Trinajstić information content (AvgIpc) is 2.97. The van der Waals surface area contributed by atoms with E-state index in [0.29, 0.717) is 0 Å². The van der Waals surface area contributed by atoms with Crippen LogP contribution in [0.15, 0.2) is 133 Å². The van der Waals surface area contributed by atoms with Crippen LogP contribution in [0.25, 0.3) is 56.2 Å². The van der Waals surface area contributed by atoms with E-state index in [2.05, 4.69) is 136 Å². The van der Waals surface area contributed by atoms with Gasteiger partial charge in [0.1, 0.15) is 7.85 Å².